The molecule has 1 amide bonds. The number of nitrogens with zero attached hydrogens (tertiary/aromatic N) is 4. The smallest absolute Gasteiger partial charge is 0.277 e. The summed E-state index contributed by atoms with van der Waals surface area (Å²) in [5.74, 6) is 0.0712. The summed E-state index contributed by atoms with van der Waals surface area (Å²) in [5, 5.41) is 12.2. The Labute approximate surface area is 178 Å². The fraction of sp³-hybridized carbons (Fsp3) is 0.591. The number of hydrogen-bond donors (Lipinski definition) is 1. The predicted molar refractivity (Wildman–Crippen MR) is 114 cm³/mol. The molecule has 2 aliphatic carbocycles. The molecular weight excluding hydrogens is 386 g/mol. The second kappa shape index (κ2) is 8.44. The molecule has 6 nitrogen and oxygen atoms in total. The molecule has 0 bridgehead atoms. The molecule has 1 saturated heterocycles. The van der Waals surface area contributed by atoms with E-state index in [-0.39, 0.29) is 24.4 Å². The largest absolute Gasteiger partial charge is 0.327 e. The molecule has 3 aliphatic rings. The monoisotopic (exact) mass is 415 g/mol. The predicted octanol–water partition coefficient (Wildman–Crippen LogP) is 3.62. The third-order valence-electron chi connectivity index (χ3n) is 6.63. The van der Waals surface area contributed by atoms with Gasteiger partial charge in [0, 0.05) is 6.04 Å². The highest BCUT2D eigenvalue weighted by Crippen LogP contribution is 2.41. The van der Waals surface area contributed by atoms with Crippen molar-refractivity contribution in [3.63, 3.8) is 0 Å². The van der Waals surface area contributed by atoms with E-state index in [0.29, 0.717) is 17.8 Å². The number of aromatic nitrogens is 3. The van der Waals surface area contributed by atoms with Crippen molar-refractivity contribution >= 4 is 18.3 Å². The van der Waals surface area contributed by atoms with E-state index < -0.39 is 0 Å². The van der Waals surface area contributed by atoms with Crippen molar-refractivity contribution in [2.24, 2.45) is 0 Å². The van der Waals surface area contributed by atoms with E-state index in [2.05, 4.69) is 44.8 Å². The molecule has 1 aliphatic heterocycles. The van der Waals surface area contributed by atoms with Crippen LogP contribution in [0.3, 0.4) is 0 Å². The maximum Gasteiger partial charge on any atom is 0.277 e. The van der Waals surface area contributed by atoms with Gasteiger partial charge >= 0.3 is 0 Å². The molecular formula is C22H30ClN5O. The molecule has 5 rings (SSSR count). The molecule has 2 aromatic rings. The molecule has 1 unspecified atom stereocenters. The summed E-state index contributed by atoms with van der Waals surface area (Å²) in [6.45, 7) is 4.01. The maximum atomic E-state index is 13.7. The van der Waals surface area contributed by atoms with Gasteiger partial charge in [0.2, 0.25) is 0 Å². The maximum absolute atomic E-state index is 13.7. The lowest BCUT2D eigenvalue weighted by molar-refractivity contribution is 0.0630. The molecule has 0 spiro atoms. The van der Waals surface area contributed by atoms with Gasteiger partial charge in [-0.2, -0.15) is 0 Å². The normalized spacial score (nSPS) is 21.9. The number of carbonyl (C=O) groups is 1. The van der Waals surface area contributed by atoms with E-state index >= 15 is 0 Å². The van der Waals surface area contributed by atoms with Gasteiger partial charge in [0.05, 0.1) is 17.8 Å². The molecule has 29 heavy (non-hydrogen) atoms. The lowest BCUT2D eigenvalue weighted by Gasteiger charge is -2.36. The van der Waals surface area contributed by atoms with E-state index in [0.717, 1.165) is 63.7 Å². The van der Waals surface area contributed by atoms with Crippen LogP contribution >= 0.6 is 12.4 Å². The minimum absolute atomic E-state index is 0. The third-order valence-corrected chi connectivity index (χ3v) is 6.63. The number of carbonyl (C=O) groups excluding carboxylic acids is 1. The quantitative estimate of drug-likeness (QED) is 0.828. The summed E-state index contributed by atoms with van der Waals surface area (Å²) in [6, 6.07) is 9.52. The summed E-state index contributed by atoms with van der Waals surface area (Å²) in [4.78, 5) is 15.8. The Balaban J connectivity index is 0.00000205. The first-order valence-corrected chi connectivity index (χ1v) is 10.8. The molecule has 1 N–H and O–H groups in total. The Hall–Kier alpha value is -1.92. The van der Waals surface area contributed by atoms with E-state index in [1.165, 1.54) is 11.1 Å². The minimum atomic E-state index is 0. The highest BCUT2D eigenvalue weighted by molar-refractivity contribution is 5.94. The standard InChI is InChI=1S/C22H29N5O.ClH/c1-15-21(24-25-27(15)18-11-13-23-14-12-18)22(28)26(17-9-10-17)20-8-4-6-16-5-2-3-7-19(16)20;/h2-3,5,7,17-18,20,23H,4,6,8-14H2,1H3;1H. The van der Waals surface area contributed by atoms with Gasteiger partial charge in [0.25, 0.3) is 5.91 Å². The lowest BCUT2D eigenvalue weighted by atomic mass is 9.86. The number of piperidine rings is 1. The van der Waals surface area contributed by atoms with Crippen LogP contribution in [0.4, 0.5) is 0 Å². The lowest BCUT2D eigenvalue weighted by Crippen LogP contribution is -2.39. The Morgan fingerprint density at radius 3 is 2.66 bits per heavy atom. The summed E-state index contributed by atoms with van der Waals surface area (Å²) >= 11 is 0. The van der Waals surface area contributed by atoms with Crippen molar-refractivity contribution in [2.45, 2.75) is 70.0 Å². The topological polar surface area (TPSA) is 63.1 Å². The molecule has 2 heterocycles. The van der Waals surface area contributed by atoms with Gasteiger partial charge in [-0.3, -0.25) is 4.79 Å². The van der Waals surface area contributed by atoms with Gasteiger partial charge < -0.3 is 10.2 Å². The SMILES string of the molecule is Cc1c(C(=O)N(C2CC2)C2CCCc3ccccc32)nnn1C1CCNCC1.Cl. The Kier molecular flexibility index (Phi) is 5.93. The number of halogens is 1. The highest BCUT2D eigenvalue weighted by atomic mass is 35.5. The van der Waals surface area contributed by atoms with Crippen LogP contribution < -0.4 is 5.32 Å². The van der Waals surface area contributed by atoms with Gasteiger partial charge in [-0.05, 0) is 76.1 Å². The molecule has 1 aromatic heterocycles. The van der Waals surface area contributed by atoms with Gasteiger partial charge in [0.1, 0.15) is 0 Å². The summed E-state index contributed by atoms with van der Waals surface area (Å²) in [6.07, 6.45) is 7.59. The Morgan fingerprint density at radius 1 is 1.14 bits per heavy atom. The van der Waals surface area contributed by atoms with Crippen molar-refractivity contribution in [3.05, 3.63) is 46.8 Å². The number of fused-ring (bicyclic) bond motifs is 1. The molecule has 1 atom stereocenters. The van der Waals surface area contributed by atoms with E-state index in [1.807, 2.05) is 11.6 Å². The van der Waals surface area contributed by atoms with Gasteiger partial charge in [0.15, 0.2) is 5.69 Å². The molecule has 7 heteroatoms. The second-order valence-electron chi connectivity index (χ2n) is 8.50. The third kappa shape index (κ3) is 3.80. The van der Waals surface area contributed by atoms with Crippen molar-refractivity contribution in [2.75, 3.05) is 13.1 Å². The zero-order valence-electron chi connectivity index (χ0n) is 17.0. The zero-order valence-corrected chi connectivity index (χ0v) is 17.8. The highest BCUT2D eigenvalue weighted by Gasteiger charge is 2.41. The molecule has 2 fully saturated rings. The number of aryl methyl sites for hydroxylation is 1. The van der Waals surface area contributed by atoms with Crippen molar-refractivity contribution in [3.8, 4) is 0 Å². The average molecular weight is 416 g/mol. The van der Waals surface area contributed by atoms with Gasteiger partial charge in [-0.25, -0.2) is 4.68 Å². The van der Waals surface area contributed by atoms with Crippen LogP contribution in [0.25, 0.3) is 0 Å². The summed E-state index contributed by atoms with van der Waals surface area (Å²) in [7, 11) is 0. The molecule has 0 radical (unpaired) electrons. The first-order valence-electron chi connectivity index (χ1n) is 10.8. The van der Waals surface area contributed by atoms with Crippen LogP contribution in [0.15, 0.2) is 24.3 Å². The Bertz CT molecular complexity index is 872. The van der Waals surface area contributed by atoms with Crippen molar-refractivity contribution in [1.82, 2.24) is 25.2 Å². The first-order chi connectivity index (χ1) is 13.7. The molecule has 1 aromatic carbocycles. The number of rotatable bonds is 4. The minimum Gasteiger partial charge on any atom is -0.327 e. The fourth-order valence-corrected chi connectivity index (χ4v) is 4.99. The van der Waals surface area contributed by atoms with E-state index in [4.69, 9.17) is 0 Å². The van der Waals surface area contributed by atoms with Crippen LogP contribution in [0, 0.1) is 6.92 Å². The van der Waals surface area contributed by atoms with Crippen LogP contribution in [0.5, 0.6) is 0 Å². The number of hydrogen-bond acceptors (Lipinski definition) is 4. The fourth-order valence-electron chi connectivity index (χ4n) is 4.99. The van der Waals surface area contributed by atoms with Crippen LogP contribution in [0.2, 0.25) is 0 Å². The van der Waals surface area contributed by atoms with Gasteiger partial charge in [-0.1, -0.05) is 29.5 Å². The second-order valence-corrected chi connectivity index (χ2v) is 8.50. The zero-order chi connectivity index (χ0) is 19.1. The summed E-state index contributed by atoms with van der Waals surface area (Å²) < 4.78 is 1.99. The van der Waals surface area contributed by atoms with Crippen molar-refractivity contribution < 1.29 is 4.79 Å². The average Bonchev–Trinajstić information content (AvgIpc) is 3.50. The number of benzene rings is 1. The molecule has 156 valence electrons. The number of amides is 1. The van der Waals surface area contributed by atoms with Crippen molar-refractivity contribution in [1.29, 1.82) is 0 Å². The first kappa shape index (κ1) is 20.4. The number of nitrogens with one attached hydrogen (secondary N) is 1. The Morgan fingerprint density at radius 2 is 1.90 bits per heavy atom. The van der Waals surface area contributed by atoms with Crippen LogP contribution in [0.1, 0.15) is 77.9 Å². The van der Waals surface area contributed by atoms with E-state index in [9.17, 15) is 4.79 Å². The van der Waals surface area contributed by atoms with Gasteiger partial charge in [-0.15, -0.1) is 17.5 Å². The van der Waals surface area contributed by atoms with Crippen LogP contribution in [-0.4, -0.2) is 44.9 Å². The van der Waals surface area contributed by atoms with Crippen LogP contribution in [-0.2, 0) is 6.42 Å². The van der Waals surface area contributed by atoms with E-state index in [1.54, 1.807) is 0 Å². The molecule has 1 saturated carbocycles. The summed E-state index contributed by atoms with van der Waals surface area (Å²) in [5.41, 5.74) is 4.20.